The Morgan fingerprint density at radius 3 is 2.53 bits per heavy atom. The molecule has 3 N–H and O–H groups in total. The fourth-order valence-corrected chi connectivity index (χ4v) is 2.23. The van der Waals surface area contributed by atoms with Crippen LogP contribution in [0.4, 0.5) is 0 Å². The molecular weight excluding hydrogens is 188 g/mol. The Bertz CT molecular complexity index is 210. The van der Waals surface area contributed by atoms with E-state index in [-0.39, 0.29) is 11.9 Å². The lowest BCUT2D eigenvalue weighted by atomic mass is 9.76. The van der Waals surface area contributed by atoms with Crippen molar-refractivity contribution in [2.75, 3.05) is 6.54 Å². The molecule has 15 heavy (non-hydrogen) atoms. The highest BCUT2D eigenvalue weighted by Gasteiger charge is 2.26. The molecule has 0 bridgehead atoms. The molecule has 1 saturated carbocycles. The summed E-state index contributed by atoms with van der Waals surface area (Å²) in [7, 11) is 0. The molecule has 1 amide bonds. The molecular formula is C12H24N2O. The number of nitrogens with one attached hydrogen (secondary N) is 1. The van der Waals surface area contributed by atoms with Gasteiger partial charge in [-0.05, 0) is 37.0 Å². The first-order valence-electron chi connectivity index (χ1n) is 6.02. The smallest absolute Gasteiger partial charge is 0.236 e. The van der Waals surface area contributed by atoms with Gasteiger partial charge in [0, 0.05) is 6.54 Å². The van der Waals surface area contributed by atoms with Crippen molar-refractivity contribution in [2.45, 2.75) is 46.1 Å². The van der Waals surface area contributed by atoms with Crippen LogP contribution in [0.2, 0.25) is 0 Å². The molecule has 3 nitrogen and oxygen atoms in total. The van der Waals surface area contributed by atoms with Crippen LogP contribution < -0.4 is 11.1 Å². The average molecular weight is 212 g/mol. The maximum Gasteiger partial charge on any atom is 0.236 e. The summed E-state index contributed by atoms with van der Waals surface area (Å²) in [6.07, 6.45) is 3.27. The Labute approximate surface area is 92.8 Å². The second kappa shape index (κ2) is 5.50. The van der Waals surface area contributed by atoms with Crippen molar-refractivity contribution < 1.29 is 4.79 Å². The lowest BCUT2D eigenvalue weighted by molar-refractivity contribution is -0.123. The van der Waals surface area contributed by atoms with Gasteiger partial charge in [0.2, 0.25) is 5.91 Å². The Morgan fingerprint density at radius 2 is 2.07 bits per heavy atom. The second-order valence-corrected chi connectivity index (χ2v) is 5.42. The molecule has 1 aliphatic carbocycles. The van der Waals surface area contributed by atoms with Crippen molar-refractivity contribution >= 4 is 5.91 Å². The number of rotatable bonds is 5. The normalized spacial score (nSPS) is 27.3. The average Bonchev–Trinajstić information content (AvgIpc) is 2.08. The lowest BCUT2D eigenvalue weighted by Gasteiger charge is -2.33. The molecule has 1 atom stereocenters. The van der Waals surface area contributed by atoms with Gasteiger partial charge in [-0.3, -0.25) is 4.79 Å². The predicted molar refractivity (Wildman–Crippen MR) is 62.3 cm³/mol. The standard InChI is InChI=1S/C12H24N2O/c1-8(2)4-11(13)12(15)14-7-10-5-9(3)6-10/h8-11H,4-7,13H2,1-3H3,(H,14,15)/t9?,10?,11-/m1/s1. The van der Waals surface area contributed by atoms with E-state index in [0.717, 1.165) is 18.9 Å². The lowest BCUT2D eigenvalue weighted by Crippen LogP contribution is -2.44. The first-order chi connectivity index (χ1) is 6.99. The quantitative estimate of drug-likeness (QED) is 0.726. The van der Waals surface area contributed by atoms with Crippen molar-refractivity contribution in [3.05, 3.63) is 0 Å². The SMILES string of the molecule is CC(C)C[C@@H](N)C(=O)NCC1CC(C)C1. The molecule has 3 heteroatoms. The second-order valence-electron chi connectivity index (χ2n) is 5.42. The van der Waals surface area contributed by atoms with Crippen LogP contribution in [0, 0.1) is 17.8 Å². The number of carbonyl (C=O) groups excluding carboxylic acids is 1. The van der Waals surface area contributed by atoms with Gasteiger partial charge in [0.1, 0.15) is 0 Å². The Hall–Kier alpha value is -0.570. The summed E-state index contributed by atoms with van der Waals surface area (Å²) in [6, 6.07) is -0.331. The summed E-state index contributed by atoms with van der Waals surface area (Å²) in [5, 5.41) is 2.95. The third kappa shape index (κ3) is 4.20. The summed E-state index contributed by atoms with van der Waals surface area (Å²) in [4.78, 5) is 11.6. The van der Waals surface area contributed by atoms with Crippen LogP contribution >= 0.6 is 0 Å². The van der Waals surface area contributed by atoms with E-state index in [1.54, 1.807) is 0 Å². The number of amides is 1. The molecule has 0 aliphatic heterocycles. The predicted octanol–water partition coefficient (Wildman–Crippen LogP) is 1.52. The van der Waals surface area contributed by atoms with Gasteiger partial charge in [-0.1, -0.05) is 20.8 Å². The summed E-state index contributed by atoms with van der Waals surface area (Å²) >= 11 is 0. The van der Waals surface area contributed by atoms with Gasteiger partial charge in [-0.25, -0.2) is 0 Å². The first-order valence-corrected chi connectivity index (χ1v) is 6.02. The van der Waals surface area contributed by atoms with Crippen LogP contribution in [0.3, 0.4) is 0 Å². The van der Waals surface area contributed by atoms with E-state index >= 15 is 0 Å². The topological polar surface area (TPSA) is 55.1 Å². The van der Waals surface area contributed by atoms with Crippen LogP contribution in [-0.4, -0.2) is 18.5 Å². The highest BCUT2D eigenvalue weighted by molar-refractivity contribution is 5.81. The van der Waals surface area contributed by atoms with Gasteiger partial charge in [0.05, 0.1) is 6.04 Å². The summed E-state index contributed by atoms with van der Waals surface area (Å²) in [5.41, 5.74) is 5.78. The van der Waals surface area contributed by atoms with Crippen molar-refractivity contribution in [3.8, 4) is 0 Å². The molecule has 0 aromatic heterocycles. The minimum atomic E-state index is -0.331. The van der Waals surface area contributed by atoms with Crippen LogP contribution in [0.15, 0.2) is 0 Å². The zero-order chi connectivity index (χ0) is 11.4. The van der Waals surface area contributed by atoms with Gasteiger partial charge in [0.25, 0.3) is 0 Å². The fraction of sp³-hybridized carbons (Fsp3) is 0.917. The number of hydrogen-bond donors (Lipinski definition) is 2. The van der Waals surface area contributed by atoms with Crippen molar-refractivity contribution in [1.29, 1.82) is 0 Å². The van der Waals surface area contributed by atoms with E-state index in [2.05, 4.69) is 26.1 Å². The molecule has 0 aromatic rings. The van der Waals surface area contributed by atoms with Crippen LogP contribution in [0.5, 0.6) is 0 Å². The summed E-state index contributed by atoms with van der Waals surface area (Å²) in [6.45, 7) is 7.24. The van der Waals surface area contributed by atoms with Crippen LogP contribution in [0.25, 0.3) is 0 Å². The Kier molecular flexibility index (Phi) is 4.58. The van der Waals surface area contributed by atoms with Crippen LogP contribution in [-0.2, 0) is 4.79 Å². The van der Waals surface area contributed by atoms with Gasteiger partial charge >= 0.3 is 0 Å². The monoisotopic (exact) mass is 212 g/mol. The maximum absolute atomic E-state index is 11.6. The van der Waals surface area contributed by atoms with E-state index in [4.69, 9.17) is 5.73 Å². The number of hydrogen-bond acceptors (Lipinski definition) is 2. The molecule has 1 fully saturated rings. The van der Waals surface area contributed by atoms with E-state index in [1.807, 2.05) is 0 Å². The summed E-state index contributed by atoms with van der Waals surface area (Å²) < 4.78 is 0. The third-order valence-electron chi connectivity index (χ3n) is 3.10. The Morgan fingerprint density at radius 1 is 1.47 bits per heavy atom. The molecule has 1 aliphatic rings. The number of carbonyl (C=O) groups is 1. The molecule has 0 spiro atoms. The van der Waals surface area contributed by atoms with E-state index in [1.165, 1.54) is 12.8 Å². The largest absolute Gasteiger partial charge is 0.354 e. The van der Waals surface area contributed by atoms with Gasteiger partial charge in [0.15, 0.2) is 0 Å². The molecule has 0 heterocycles. The minimum Gasteiger partial charge on any atom is -0.354 e. The van der Waals surface area contributed by atoms with Gasteiger partial charge in [-0.15, -0.1) is 0 Å². The maximum atomic E-state index is 11.6. The zero-order valence-electron chi connectivity index (χ0n) is 10.1. The van der Waals surface area contributed by atoms with E-state index in [0.29, 0.717) is 11.8 Å². The third-order valence-corrected chi connectivity index (χ3v) is 3.10. The molecule has 0 aromatic carbocycles. The van der Waals surface area contributed by atoms with E-state index in [9.17, 15) is 4.79 Å². The highest BCUT2D eigenvalue weighted by Crippen LogP contribution is 2.32. The number of nitrogens with two attached hydrogens (primary N) is 1. The van der Waals surface area contributed by atoms with Crippen LogP contribution in [0.1, 0.15) is 40.0 Å². The van der Waals surface area contributed by atoms with Crippen molar-refractivity contribution in [2.24, 2.45) is 23.5 Å². The first kappa shape index (κ1) is 12.5. The molecule has 0 saturated heterocycles. The van der Waals surface area contributed by atoms with Gasteiger partial charge < -0.3 is 11.1 Å². The molecule has 0 unspecified atom stereocenters. The van der Waals surface area contributed by atoms with Crippen molar-refractivity contribution in [3.63, 3.8) is 0 Å². The fourth-order valence-electron chi connectivity index (χ4n) is 2.23. The zero-order valence-corrected chi connectivity index (χ0v) is 10.1. The summed E-state index contributed by atoms with van der Waals surface area (Å²) in [5.74, 6) is 2.03. The highest BCUT2D eigenvalue weighted by atomic mass is 16.2. The minimum absolute atomic E-state index is 0.0169. The Balaban J connectivity index is 2.12. The van der Waals surface area contributed by atoms with Gasteiger partial charge in [-0.2, -0.15) is 0 Å². The molecule has 0 radical (unpaired) electrons. The van der Waals surface area contributed by atoms with E-state index < -0.39 is 0 Å². The molecule has 1 rings (SSSR count). The molecule has 88 valence electrons. The van der Waals surface area contributed by atoms with Crippen molar-refractivity contribution in [1.82, 2.24) is 5.32 Å².